The number of hydrogen-bond acceptors (Lipinski definition) is 4. The van der Waals surface area contributed by atoms with Gasteiger partial charge < -0.3 is 20.8 Å². The molecule has 0 aromatic heterocycles. The fourth-order valence-corrected chi connectivity index (χ4v) is 1.98. The van der Waals surface area contributed by atoms with Crippen LogP contribution >= 0.6 is 0 Å². The van der Waals surface area contributed by atoms with Crippen LogP contribution in [0.25, 0.3) is 0 Å². The van der Waals surface area contributed by atoms with E-state index in [-0.39, 0.29) is 0 Å². The Morgan fingerprint density at radius 1 is 1.39 bits per heavy atom. The van der Waals surface area contributed by atoms with Crippen molar-refractivity contribution < 1.29 is 4.74 Å². The summed E-state index contributed by atoms with van der Waals surface area (Å²) in [6, 6.07) is 5.88. The van der Waals surface area contributed by atoms with Gasteiger partial charge in [0.2, 0.25) is 0 Å². The number of methoxy groups -OCH3 is 1. The minimum Gasteiger partial charge on any atom is -0.496 e. The summed E-state index contributed by atoms with van der Waals surface area (Å²) in [5.41, 5.74) is 3.48. The molecular weight excluding hydrogens is 226 g/mol. The van der Waals surface area contributed by atoms with Crippen LogP contribution in [0.15, 0.2) is 30.0 Å². The zero-order valence-electron chi connectivity index (χ0n) is 10.8. The second-order valence-corrected chi connectivity index (χ2v) is 4.39. The molecule has 1 saturated heterocycles. The molecule has 0 aliphatic carbocycles. The highest BCUT2D eigenvalue weighted by Crippen LogP contribution is 2.20. The molecule has 0 bridgehead atoms. The van der Waals surface area contributed by atoms with E-state index >= 15 is 0 Å². The first kappa shape index (κ1) is 12.6. The van der Waals surface area contributed by atoms with Crippen molar-refractivity contribution in [1.29, 1.82) is 5.41 Å². The van der Waals surface area contributed by atoms with Crippen LogP contribution in [-0.4, -0.2) is 32.5 Å². The molecule has 0 saturated carbocycles. The fraction of sp³-hybridized carbons (Fsp3) is 0.357. The smallest absolute Gasteiger partial charge is 0.128 e. The lowest BCUT2D eigenvalue weighted by Crippen LogP contribution is -2.38. The topological polar surface area (TPSA) is 57.1 Å². The normalized spacial score (nSPS) is 17.3. The molecule has 0 atom stereocenters. The van der Waals surface area contributed by atoms with Gasteiger partial charge in [0.25, 0.3) is 0 Å². The van der Waals surface area contributed by atoms with Gasteiger partial charge in [0.05, 0.1) is 12.8 Å². The SMILES string of the molecule is COc1ccc(C)cc1C(=N)/C=C1/CNCCN1. The molecule has 3 N–H and O–H groups in total. The molecule has 96 valence electrons. The number of allylic oxidation sites excluding steroid dienone is 1. The van der Waals surface area contributed by atoms with E-state index < -0.39 is 0 Å². The van der Waals surface area contributed by atoms with Gasteiger partial charge in [0.15, 0.2) is 0 Å². The van der Waals surface area contributed by atoms with Gasteiger partial charge in [-0.2, -0.15) is 0 Å². The third kappa shape index (κ3) is 2.90. The highest BCUT2D eigenvalue weighted by molar-refractivity contribution is 6.08. The van der Waals surface area contributed by atoms with Crippen molar-refractivity contribution in [2.75, 3.05) is 26.7 Å². The average Bonchev–Trinajstić information content (AvgIpc) is 2.40. The molecule has 18 heavy (non-hydrogen) atoms. The van der Waals surface area contributed by atoms with Crippen molar-refractivity contribution in [3.63, 3.8) is 0 Å². The molecule has 1 aromatic carbocycles. The standard InChI is InChI=1S/C14H19N3O/c1-10-3-4-14(18-2)12(7-10)13(15)8-11-9-16-5-6-17-11/h3-4,7-8,15-17H,5-6,9H2,1-2H3/b11-8-,15-13?. The molecule has 4 heteroatoms. The predicted molar refractivity (Wildman–Crippen MR) is 73.5 cm³/mol. The summed E-state index contributed by atoms with van der Waals surface area (Å²) in [5, 5.41) is 14.7. The van der Waals surface area contributed by atoms with Gasteiger partial charge >= 0.3 is 0 Å². The lowest BCUT2D eigenvalue weighted by atomic mass is 10.0. The minimum atomic E-state index is 0.474. The van der Waals surface area contributed by atoms with Crippen LogP contribution in [0, 0.1) is 12.3 Å². The van der Waals surface area contributed by atoms with Crippen LogP contribution in [0.3, 0.4) is 0 Å². The monoisotopic (exact) mass is 245 g/mol. The van der Waals surface area contributed by atoms with Crippen LogP contribution in [0.2, 0.25) is 0 Å². The third-order valence-electron chi connectivity index (χ3n) is 2.93. The largest absolute Gasteiger partial charge is 0.496 e. The van der Waals surface area contributed by atoms with Crippen LogP contribution in [0.5, 0.6) is 5.75 Å². The average molecular weight is 245 g/mol. The number of nitrogens with one attached hydrogen (secondary N) is 3. The van der Waals surface area contributed by atoms with Crippen molar-refractivity contribution in [3.8, 4) is 5.75 Å². The zero-order valence-corrected chi connectivity index (χ0v) is 10.8. The number of aryl methyl sites for hydroxylation is 1. The zero-order chi connectivity index (χ0) is 13.0. The molecule has 0 radical (unpaired) electrons. The van der Waals surface area contributed by atoms with Crippen molar-refractivity contribution in [1.82, 2.24) is 10.6 Å². The maximum atomic E-state index is 8.18. The van der Waals surface area contributed by atoms with Crippen LogP contribution < -0.4 is 15.4 Å². The van der Waals surface area contributed by atoms with Crippen molar-refractivity contribution >= 4 is 5.71 Å². The third-order valence-corrected chi connectivity index (χ3v) is 2.93. The highest BCUT2D eigenvalue weighted by Gasteiger charge is 2.09. The Labute approximate surface area is 108 Å². The van der Waals surface area contributed by atoms with E-state index in [1.165, 1.54) is 0 Å². The Morgan fingerprint density at radius 2 is 2.22 bits per heavy atom. The summed E-state index contributed by atoms with van der Waals surface area (Å²) >= 11 is 0. The maximum Gasteiger partial charge on any atom is 0.128 e. The van der Waals surface area contributed by atoms with Gasteiger partial charge in [0, 0.05) is 30.9 Å². The summed E-state index contributed by atoms with van der Waals surface area (Å²) in [5.74, 6) is 0.742. The van der Waals surface area contributed by atoms with E-state index in [1.807, 2.05) is 31.2 Å². The van der Waals surface area contributed by atoms with E-state index in [2.05, 4.69) is 10.6 Å². The number of ether oxygens (including phenoxy) is 1. The Morgan fingerprint density at radius 3 is 2.89 bits per heavy atom. The summed E-state index contributed by atoms with van der Waals surface area (Å²) in [6.07, 6.45) is 1.86. The molecule has 1 aliphatic rings. The highest BCUT2D eigenvalue weighted by atomic mass is 16.5. The van der Waals surface area contributed by atoms with E-state index in [0.29, 0.717) is 5.71 Å². The van der Waals surface area contributed by atoms with Gasteiger partial charge in [-0.15, -0.1) is 0 Å². The first-order valence-electron chi connectivity index (χ1n) is 6.09. The van der Waals surface area contributed by atoms with Crippen LogP contribution in [0.4, 0.5) is 0 Å². The van der Waals surface area contributed by atoms with E-state index in [4.69, 9.17) is 10.1 Å². The van der Waals surface area contributed by atoms with E-state index in [1.54, 1.807) is 7.11 Å². The van der Waals surface area contributed by atoms with Crippen molar-refractivity contribution in [2.45, 2.75) is 6.92 Å². The first-order valence-corrected chi connectivity index (χ1v) is 6.09. The Hall–Kier alpha value is -1.81. The summed E-state index contributed by atoms with van der Waals surface area (Å²) in [4.78, 5) is 0. The van der Waals surface area contributed by atoms with E-state index in [0.717, 1.165) is 42.2 Å². The lowest BCUT2D eigenvalue weighted by molar-refractivity contribution is 0.414. The Balaban J connectivity index is 2.24. The molecule has 1 heterocycles. The Bertz CT molecular complexity index is 472. The molecular formula is C14H19N3O. The van der Waals surface area contributed by atoms with Crippen LogP contribution in [0.1, 0.15) is 11.1 Å². The number of benzene rings is 1. The number of rotatable bonds is 3. The minimum absolute atomic E-state index is 0.474. The van der Waals surface area contributed by atoms with Gasteiger partial charge in [0.1, 0.15) is 5.75 Å². The van der Waals surface area contributed by atoms with Crippen molar-refractivity contribution in [2.24, 2.45) is 0 Å². The summed E-state index contributed by atoms with van der Waals surface area (Å²) < 4.78 is 5.30. The molecule has 0 amide bonds. The predicted octanol–water partition coefficient (Wildman–Crippen LogP) is 1.45. The summed E-state index contributed by atoms with van der Waals surface area (Å²) in [6.45, 7) is 4.68. The quantitative estimate of drug-likeness (QED) is 0.706. The summed E-state index contributed by atoms with van der Waals surface area (Å²) in [7, 11) is 1.63. The molecule has 2 rings (SSSR count). The number of piperazine rings is 1. The van der Waals surface area contributed by atoms with Crippen LogP contribution in [-0.2, 0) is 0 Å². The van der Waals surface area contributed by atoms with Gasteiger partial charge in [-0.05, 0) is 25.1 Å². The second kappa shape index (κ2) is 5.69. The Kier molecular flexibility index (Phi) is 3.99. The van der Waals surface area contributed by atoms with Gasteiger partial charge in [-0.1, -0.05) is 11.6 Å². The number of hydrogen-bond donors (Lipinski definition) is 3. The first-order chi connectivity index (χ1) is 8.70. The molecule has 1 fully saturated rings. The fourth-order valence-electron chi connectivity index (χ4n) is 1.98. The van der Waals surface area contributed by atoms with Gasteiger partial charge in [-0.25, -0.2) is 0 Å². The van der Waals surface area contributed by atoms with Crippen molar-refractivity contribution in [3.05, 3.63) is 41.1 Å². The van der Waals surface area contributed by atoms with Gasteiger partial charge in [-0.3, -0.25) is 0 Å². The second-order valence-electron chi connectivity index (χ2n) is 4.39. The molecule has 1 aliphatic heterocycles. The molecule has 4 nitrogen and oxygen atoms in total. The van der Waals surface area contributed by atoms with E-state index in [9.17, 15) is 0 Å². The molecule has 0 spiro atoms. The lowest BCUT2D eigenvalue weighted by Gasteiger charge is -2.18. The molecule has 0 unspecified atom stereocenters. The molecule has 1 aromatic rings. The maximum absolute atomic E-state index is 8.18.